The number of ether oxygens (including phenoxy) is 2. The maximum absolute atomic E-state index is 5.37. The van der Waals surface area contributed by atoms with Gasteiger partial charge in [0.05, 0.1) is 11.4 Å². The molecule has 0 radical (unpaired) electrons. The molecule has 1 aromatic heterocycles. The van der Waals surface area contributed by atoms with Crippen LogP contribution in [0.5, 0.6) is 11.5 Å². The molecular weight excluding hydrogens is 242 g/mol. The lowest BCUT2D eigenvalue weighted by molar-refractivity contribution is 0.174. The van der Waals surface area contributed by atoms with Crippen molar-refractivity contribution in [1.82, 2.24) is 15.1 Å². The summed E-state index contributed by atoms with van der Waals surface area (Å²) >= 11 is 0. The van der Waals surface area contributed by atoms with Gasteiger partial charge in [-0.15, -0.1) is 0 Å². The Morgan fingerprint density at radius 1 is 1.26 bits per heavy atom. The minimum atomic E-state index is 0.293. The lowest BCUT2D eigenvalue weighted by Gasteiger charge is -2.05. The predicted molar refractivity (Wildman–Crippen MR) is 71.7 cm³/mol. The summed E-state index contributed by atoms with van der Waals surface area (Å²) in [6, 6.07) is 8.29. The molecule has 0 spiro atoms. The van der Waals surface area contributed by atoms with Gasteiger partial charge in [-0.1, -0.05) is 13.8 Å². The molecule has 0 atom stereocenters. The first-order chi connectivity index (χ1) is 9.22. The van der Waals surface area contributed by atoms with Crippen molar-refractivity contribution in [2.24, 2.45) is 0 Å². The second kappa shape index (κ2) is 4.93. The highest BCUT2D eigenvalue weighted by Crippen LogP contribution is 2.33. The van der Waals surface area contributed by atoms with Crippen LogP contribution in [0.25, 0.3) is 5.69 Å². The quantitative estimate of drug-likeness (QED) is 0.913. The van der Waals surface area contributed by atoms with E-state index in [2.05, 4.69) is 24.3 Å². The monoisotopic (exact) mass is 259 g/mol. The van der Waals surface area contributed by atoms with Crippen molar-refractivity contribution < 1.29 is 9.47 Å². The van der Waals surface area contributed by atoms with Crippen LogP contribution < -0.4 is 14.8 Å². The summed E-state index contributed by atoms with van der Waals surface area (Å²) in [6.07, 6.45) is 1.95. The van der Waals surface area contributed by atoms with Crippen molar-refractivity contribution in [2.45, 2.75) is 26.4 Å². The Labute approximate surface area is 112 Å². The Bertz CT molecular complexity index is 578. The zero-order valence-corrected chi connectivity index (χ0v) is 11.1. The van der Waals surface area contributed by atoms with Crippen molar-refractivity contribution in [3.63, 3.8) is 0 Å². The van der Waals surface area contributed by atoms with Crippen molar-refractivity contribution >= 4 is 0 Å². The Kier molecular flexibility index (Phi) is 3.13. The molecule has 0 amide bonds. The summed E-state index contributed by atoms with van der Waals surface area (Å²) in [6.45, 7) is 5.31. The van der Waals surface area contributed by atoms with Gasteiger partial charge in [-0.2, -0.15) is 5.10 Å². The first kappa shape index (κ1) is 12.0. The standard InChI is InChI=1S/C14H17N3O2/c1-10(2)15-8-11-5-6-17(16-11)12-3-4-13-14(7-12)19-9-18-13/h3-7,10,15H,8-9H2,1-2H3. The van der Waals surface area contributed by atoms with E-state index in [9.17, 15) is 0 Å². The maximum Gasteiger partial charge on any atom is 0.231 e. The molecule has 5 nitrogen and oxygen atoms in total. The average molecular weight is 259 g/mol. The van der Waals surface area contributed by atoms with E-state index in [4.69, 9.17) is 9.47 Å². The molecule has 1 aliphatic heterocycles. The minimum Gasteiger partial charge on any atom is -0.454 e. The smallest absolute Gasteiger partial charge is 0.231 e. The lowest BCUT2D eigenvalue weighted by Crippen LogP contribution is -2.22. The number of nitrogens with zero attached hydrogens (tertiary/aromatic N) is 2. The number of hydrogen-bond acceptors (Lipinski definition) is 4. The van der Waals surface area contributed by atoms with Crippen molar-refractivity contribution in [3.8, 4) is 17.2 Å². The zero-order chi connectivity index (χ0) is 13.2. The number of hydrogen-bond donors (Lipinski definition) is 1. The van der Waals surface area contributed by atoms with Crippen LogP contribution in [0.3, 0.4) is 0 Å². The fourth-order valence-electron chi connectivity index (χ4n) is 1.94. The SMILES string of the molecule is CC(C)NCc1ccn(-c2ccc3c(c2)OCO3)n1. The Balaban J connectivity index is 1.79. The fourth-order valence-corrected chi connectivity index (χ4v) is 1.94. The molecule has 0 saturated carbocycles. The molecule has 0 fully saturated rings. The van der Waals surface area contributed by atoms with Gasteiger partial charge in [-0.3, -0.25) is 0 Å². The van der Waals surface area contributed by atoms with Gasteiger partial charge < -0.3 is 14.8 Å². The number of fused-ring (bicyclic) bond motifs is 1. The predicted octanol–water partition coefficient (Wildman–Crippen LogP) is 2.10. The fraction of sp³-hybridized carbons (Fsp3) is 0.357. The third-order valence-corrected chi connectivity index (χ3v) is 2.96. The Morgan fingerprint density at radius 3 is 2.95 bits per heavy atom. The number of nitrogens with one attached hydrogen (secondary N) is 1. The highest BCUT2D eigenvalue weighted by molar-refractivity contribution is 5.49. The molecule has 19 heavy (non-hydrogen) atoms. The zero-order valence-electron chi connectivity index (χ0n) is 11.1. The highest BCUT2D eigenvalue weighted by atomic mass is 16.7. The number of rotatable bonds is 4. The van der Waals surface area contributed by atoms with Gasteiger partial charge >= 0.3 is 0 Å². The molecule has 1 aromatic carbocycles. The number of aromatic nitrogens is 2. The number of benzene rings is 1. The van der Waals surface area contributed by atoms with Crippen LogP contribution in [0.1, 0.15) is 19.5 Å². The van der Waals surface area contributed by atoms with E-state index < -0.39 is 0 Å². The van der Waals surface area contributed by atoms with Crippen molar-refractivity contribution in [3.05, 3.63) is 36.2 Å². The molecule has 0 unspecified atom stereocenters. The molecule has 2 heterocycles. The normalized spacial score (nSPS) is 13.2. The summed E-state index contributed by atoms with van der Waals surface area (Å²) in [5, 5.41) is 7.88. The third kappa shape index (κ3) is 2.56. The van der Waals surface area contributed by atoms with Crippen molar-refractivity contribution in [2.75, 3.05) is 6.79 Å². The lowest BCUT2D eigenvalue weighted by atomic mass is 10.3. The molecule has 1 N–H and O–H groups in total. The van der Waals surface area contributed by atoms with Crippen LogP contribution in [-0.2, 0) is 6.54 Å². The molecule has 2 aromatic rings. The van der Waals surface area contributed by atoms with E-state index in [0.29, 0.717) is 12.8 Å². The van der Waals surface area contributed by atoms with E-state index in [1.165, 1.54) is 0 Å². The minimum absolute atomic E-state index is 0.293. The van der Waals surface area contributed by atoms with Gasteiger partial charge in [0, 0.05) is 24.8 Å². The van der Waals surface area contributed by atoms with Gasteiger partial charge in [0.1, 0.15) is 0 Å². The van der Waals surface area contributed by atoms with Crippen LogP contribution in [0, 0.1) is 0 Å². The Hall–Kier alpha value is -2.01. The van der Waals surface area contributed by atoms with E-state index >= 15 is 0 Å². The van der Waals surface area contributed by atoms with Gasteiger partial charge in [-0.05, 0) is 18.2 Å². The second-order valence-electron chi connectivity index (χ2n) is 4.82. The molecule has 0 saturated heterocycles. The van der Waals surface area contributed by atoms with Crippen LogP contribution in [-0.4, -0.2) is 22.6 Å². The first-order valence-electron chi connectivity index (χ1n) is 6.40. The topological polar surface area (TPSA) is 48.3 Å². The molecule has 3 rings (SSSR count). The summed E-state index contributed by atoms with van der Waals surface area (Å²) in [4.78, 5) is 0. The molecule has 0 bridgehead atoms. The summed E-state index contributed by atoms with van der Waals surface area (Å²) in [5.41, 5.74) is 1.99. The van der Waals surface area contributed by atoms with Crippen LogP contribution in [0.15, 0.2) is 30.5 Å². The van der Waals surface area contributed by atoms with E-state index in [1.807, 2.05) is 35.1 Å². The molecule has 0 aliphatic carbocycles. The average Bonchev–Trinajstić information content (AvgIpc) is 3.04. The van der Waals surface area contributed by atoms with Gasteiger partial charge in [0.25, 0.3) is 0 Å². The highest BCUT2D eigenvalue weighted by Gasteiger charge is 2.14. The molecule has 100 valence electrons. The summed E-state index contributed by atoms with van der Waals surface area (Å²) < 4.78 is 12.5. The largest absolute Gasteiger partial charge is 0.454 e. The van der Waals surface area contributed by atoms with Gasteiger partial charge in [0.2, 0.25) is 6.79 Å². The van der Waals surface area contributed by atoms with Gasteiger partial charge in [0.15, 0.2) is 11.5 Å². The molecular formula is C14H17N3O2. The summed E-state index contributed by atoms with van der Waals surface area (Å²) in [5.74, 6) is 1.56. The third-order valence-electron chi connectivity index (χ3n) is 2.96. The summed E-state index contributed by atoms with van der Waals surface area (Å²) in [7, 11) is 0. The Morgan fingerprint density at radius 2 is 2.11 bits per heavy atom. The molecule has 1 aliphatic rings. The van der Waals surface area contributed by atoms with Crippen LogP contribution >= 0.6 is 0 Å². The first-order valence-corrected chi connectivity index (χ1v) is 6.40. The van der Waals surface area contributed by atoms with Crippen molar-refractivity contribution in [1.29, 1.82) is 0 Å². The van der Waals surface area contributed by atoms with E-state index in [-0.39, 0.29) is 0 Å². The second-order valence-corrected chi connectivity index (χ2v) is 4.82. The van der Waals surface area contributed by atoms with Gasteiger partial charge in [-0.25, -0.2) is 4.68 Å². The maximum atomic E-state index is 5.37. The van der Waals surface area contributed by atoms with E-state index in [1.54, 1.807) is 0 Å². The molecule has 5 heteroatoms. The van der Waals surface area contributed by atoms with Crippen LogP contribution in [0.4, 0.5) is 0 Å². The van der Waals surface area contributed by atoms with Crippen LogP contribution in [0.2, 0.25) is 0 Å². The van der Waals surface area contributed by atoms with E-state index in [0.717, 1.165) is 29.4 Å².